The molecule has 1 saturated heterocycles. The Bertz CT molecular complexity index is 613. The van der Waals surface area contributed by atoms with Gasteiger partial charge in [-0.15, -0.1) is 0 Å². The van der Waals surface area contributed by atoms with Gasteiger partial charge in [0.25, 0.3) is 0 Å². The van der Waals surface area contributed by atoms with E-state index in [1.165, 1.54) is 25.9 Å². The zero-order valence-electron chi connectivity index (χ0n) is 12.6. The van der Waals surface area contributed by atoms with Gasteiger partial charge in [0.1, 0.15) is 0 Å². The van der Waals surface area contributed by atoms with E-state index in [-0.39, 0.29) is 5.91 Å². The van der Waals surface area contributed by atoms with E-state index >= 15 is 0 Å². The molecule has 1 atom stereocenters. The number of para-hydroxylation sites is 1. The summed E-state index contributed by atoms with van der Waals surface area (Å²) in [6, 6.07) is 8.53. The fourth-order valence-corrected chi connectivity index (χ4v) is 3.09. The third kappa shape index (κ3) is 3.27. The molecule has 4 nitrogen and oxygen atoms in total. The number of rotatable bonds is 5. The van der Waals surface area contributed by atoms with Crippen molar-refractivity contribution in [2.24, 2.45) is 0 Å². The molecule has 1 amide bonds. The number of hydrogen-bond acceptors (Lipinski definition) is 2. The van der Waals surface area contributed by atoms with E-state index in [9.17, 15) is 4.79 Å². The second-order valence-corrected chi connectivity index (χ2v) is 5.93. The summed E-state index contributed by atoms with van der Waals surface area (Å²) in [5.74, 6) is 0.103. The molecular weight excluding hydrogens is 262 g/mol. The predicted molar refractivity (Wildman–Crippen MR) is 85.3 cm³/mol. The van der Waals surface area contributed by atoms with Crippen LogP contribution in [0.1, 0.15) is 25.3 Å². The minimum absolute atomic E-state index is 0.103. The quantitative estimate of drug-likeness (QED) is 0.885. The lowest BCUT2D eigenvalue weighted by Crippen LogP contribution is -2.41. The number of nitrogens with zero attached hydrogens (tertiary/aromatic N) is 1. The van der Waals surface area contributed by atoms with Crippen LogP contribution in [0.3, 0.4) is 0 Å². The highest BCUT2D eigenvalue weighted by Gasteiger charge is 2.18. The van der Waals surface area contributed by atoms with Gasteiger partial charge < -0.3 is 10.3 Å². The summed E-state index contributed by atoms with van der Waals surface area (Å²) in [4.78, 5) is 17.8. The molecule has 1 aliphatic heterocycles. The van der Waals surface area contributed by atoms with Gasteiger partial charge in [-0.25, -0.2) is 0 Å². The van der Waals surface area contributed by atoms with Crippen molar-refractivity contribution in [3.8, 4) is 0 Å². The van der Waals surface area contributed by atoms with Crippen LogP contribution in [-0.4, -0.2) is 41.5 Å². The number of likely N-dealkylation sites (tertiary alicyclic amines) is 1. The van der Waals surface area contributed by atoms with E-state index in [0.29, 0.717) is 12.5 Å². The Kier molecular flexibility index (Phi) is 4.25. The van der Waals surface area contributed by atoms with Crippen LogP contribution in [0.5, 0.6) is 0 Å². The smallest absolute Gasteiger partial charge is 0.224 e. The molecule has 0 bridgehead atoms. The van der Waals surface area contributed by atoms with E-state index in [1.54, 1.807) is 0 Å². The molecule has 2 N–H and O–H groups in total. The summed E-state index contributed by atoms with van der Waals surface area (Å²) in [5, 5.41) is 4.21. The van der Waals surface area contributed by atoms with Crippen molar-refractivity contribution in [1.82, 2.24) is 15.2 Å². The Hall–Kier alpha value is -1.81. The van der Waals surface area contributed by atoms with Crippen LogP contribution in [0.25, 0.3) is 10.9 Å². The number of fused-ring (bicyclic) bond motifs is 1. The zero-order chi connectivity index (χ0) is 14.7. The standard InChI is InChI=1S/C17H23N3O/c1-13(20-8-4-5-9-20)11-19-17(21)10-14-12-18-16-7-3-2-6-15(14)16/h2-3,6-7,12-13,18H,4-5,8-11H2,1H3,(H,19,21). The second-order valence-electron chi connectivity index (χ2n) is 5.93. The van der Waals surface area contributed by atoms with Gasteiger partial charge in [-0.2, -0.15) is 0 Å². The highest BCUT2D eigenvalue weighted by molar-refractivity contribution is 5.88. The molecule has 2 aromatic rings. The highest BCUT2D eigenvalue weighted by Crippen LogP contribution is 2.18. The number of H-pyrrole nitrogens is 1. The molecule has 1 aliphatic rings. The average molecular weight is 285 g/mol. The van der Waals surface area contributed by atoms with Crippen molar-refractivity contribution >= 4 is 16.8 Å². The van der Waals surface area contributed by atoms with Crippen molar-refractivity contribution in [2.75, 3.05) is 19.6 Å². The van der Waals surface area contributed by atoms with Crippen molar-refractivity contribution < 1.29 is 4.79 Å². The Labute approximate surface area is 125 Å². The Balaban J connectivity index is 1.54. The zero-order valence-corrected chi connectivity index (χ0v) is 12.6. The fraction of sp³-hybridized carbons (Fsp3) is 0.471. The number of benzene rings is 1. The van der Waals surface area contributed by atoms with Crippen molar-refractivity contribution in [3.63, 3.8) is 0 Å². The first-order valence-electron chi connectivity index (χ1n) is 7.80. The maximum atomic E-state index is 12.1. The highest BCUT2D eigenvalue weighted by atomic mass is 16.1. The van der Waals surface area contributed by atoms with Crippen molar-refractivity contribution in [3.05, 3.63) is 36.0 Å². The summed E-state index contributed by atoms with van der Waals surface area (Å²) in [7, 11) is 0. The van der Waals surface area contributed by atoms with Crippen LogP contribution in [0.4, 0.5) is 0 Å². The first-order chi connectivity index (χ1) is 10.2. The second kappa shape index (κ2) is 6.31. The maximum Gasteiger partial charge on any atom is 0.224 e. The molecule has 4 heteroatoms. The number of nitrogens with one attached hydrogen (secondary N) is 2. The number of hydrogen-bond donors (Lipinski definition) is 2. The first-order valence-corrected chi connectivity index (χ1v) is 7.80. The van der Waals surface area contributed by atoms with Gasteiger partial charge in [-0.3, -0.25) is 9.69 Å². The minimum atomic E-state index is 0.103. The summed E-state index contributed by atoms with van der Waals surface area (Å²) < 4.78 is 0. The van der Waals surface area contributed by atoms with Gasteiger partial charge in [0.15, 0.2) is 0 Å². The van der Waals surface area contributed by atoms with Gasteiger partial charge >= 0.3 is 0 Å². The number of aromatic nitrogens is 1. The Morgan fingerprint density at radius 2 is 2.10 bits per heavy atom. The van der Waals surface area contributed by atoms with Crippen LogP contribution < -0.4 is 5.32 Å². The topological polar surface area (TPSA) is 48.1 Å². The van der Waals surface area contributed by atoms with E-state index in [4.69, 9.17) is 0 Å². The Morgan fingerprint density at radius 3 is 2.90 bits per heavy atom. The van der Waals surface area contributed by atoms with Crippen LogP contribution in [0, 0.1) is 0 Å². The van der Waals surface area contributed by atoms with E-state index in [2.05, 4.69) is 28.2 Å². The van der Waals surface area contributed by atoms with Crippen LogP contribution in [0.2, 0.25) is 0 Å². The molecule has 1 fully saturated rings. The molecule has 0 saturated carbocycles. The molecule has 1 unspecified atom stereocenters. The first kappa shape index (κ1) is 14.1. The molecule has 3 rings (SSSR count). The van der Waals surface area contributed by atoms with Crippen molar-refractivity contribution in [2.45, 2.75) is 32.2 Å². The molecule has 0 aliphatic carbocycles. The molecule has 112 valence electrons. The van der Waals surface area contributed by atoms with Crippen LogP contribution in [0.15, 0.2) is 30.5 Å². The van der Waals surface area contributed by atoms with Crippen molar-refractivity contribution in [1.29, 1.82) is 0 Å². The Morgan fingerprint density at radius 1 is 1.33 bits per heavy atom. The summed E-state index contributed by atoms with van der Waals surface area (Å²) in [5.41, 5.74) is 2.16. The van der Waals surface area contributed by atoms with Gasteiger partial charge in [-0.05, 0) is 44.5 Å². The summed E-state index contributed by atoms with van der Waals surface area (Å²) in [6.45, 7) is 5.26. The van der Waals surface area contributed by atoms with E-state index < -0.39 is 0 Å². The minimum Gasteiger partial charge on any atom is -0.361 e. The number of amides is 1. The lowest BCUT2D eigenvalue weighted by Gasteiger charge is -2.23. The van der Waals surface area contributed by atoms with Gasteiger partial charge in [0.2, 0.25) is 5.91 Å². The monoisotopic (exact) mass is 285 g/mol. The molecule has 1 aromatic heterocycles. The summed E-state index contributed by atoms with van der Waals surface area (Å²) in [6.07, 6.45) is 4.95. The number of carbonyl (C=O) groups excluding carboxylic acids is 1. The molecular formula is C17H23N3O. The number of carbonyl (C=O) groups is 1. The third-order valence-corrected chi connectivity index (χ3v) is 4.38. The fourth-order valence-electron chi connectivity index (χ4n) is 3.09. The summed E-state index contributed by atoms with van der Waals surface area (Å²) >= 11 is 0. The lowest BCUT2D eigenvalue weighted by molar-refractivity contribution is -0.120. The third-order valence-electron chi connectivity index (χ3n) is 4.38. The molecule has 1 aromatic carbocycles. The SMILES string of the molecule is CC(CNC(=O)Cc1c[nH]c2ccccc12)N1CCCC1. The van der Waals surface area contributed by atoms with Crippen LogP contribution in [-0.2, 0) is 11.2 Å². The van der Waals surface area contributed by atoms with E-state index in [1.807, 2.05) is 24.4 Å². The van der Waals surface area contributed by atoms with Gasteiger partial charge in [0.05, 0.1) is 6.42 Å². The van der Waals surface area contributed by atoms with Crippen LogP contribution >= 0.6 is 0 Å². The van der Waals surface area contributed by atoms with E-state index in [0.717, 1.165) is 23.0 Å². The molecule has 2 heterocycles. The molecule has 21 heavy (non-hydrogen) atoms. The average Bonchev–Trinajstić information content (AvgIpc) is 3.15. The maximum absolute atomic E-state index is 12.1. The van der Waals surface area contributed by atoms with Gasteiger partial charge in [0, 0.05) is 29.7 Å². The largest absolute Gasteiger partial charge is 0.361 e. The normalized spacial score (nSPS) is 17.2. The molecule has 0 spiro atoms. The van der Waals surface area contributed by atoms with Gasteiger partial charge in [-0.1, -0.05) is 18.2 Å². The lowest BCUT2D eigenvalue weighted by atomic mass is 10.1. The number of aromatic amines is 1. The predicted octanol–water partition coefficient (Wildman–Crippen LogP) is 2.31. The molecule has 0 radical (unpaired) electrons.